The van der Waals surface area contributed by atoms with Crippen LogP contribution in [0.1, 0.15) is 16.5 Å². The van der Waals surface area contributed by atoms with E-state index in [-0.39, 0.29) is 23.3 Å². The summed E-state index contributed by atoms with van der Waals surface area (Å²) in [7, 11) is 0. The van der Waals surface area contributed by atoms with E-state index in [0.717, 1.165) is 17.7 Å². The van der Waals surface area contributed by atoms with Crippen LogP contribution in [0.3, 0.4) is 0 Å². The zero-order valence-electron chi connectivity index (χ0n) is 16.3. The Morgan fingerprint density at radius 3 is 2.55 bits per heavy atom. The Bertz CT molecular complexity index is 1150. The van der Waals surface area contributed by atoms with Crippen molar-refractivity contribution in [1.29, 1.82) is 0 Å². The number of benzene rings is 3. The van der Waals surface area contributed by atoms with E-state index < -0.39 is 17.0 Å². The molecule has 4 nitrogen and oxygen atoms in total. The number of halogens is 2. The van der Waals surface area contributed by atoms with Crippen molar-refractivity contribution >= 4 is 41.0 Å². The molecule has 0 radical (unpaired) electrons. The molecular formula is C24H18F2N2O2S. The maximum Gasteiger partial charge on any atom is 0.248 e. The first kappa shape index (κ1) is 20.8. The summed E-state index contributed by atoms with van der Waals surface area (Å²) in [4.78, 5) is 26.3. The van der Waals surface area contributed by atoms with Crippen LogP contribution in [0.15, 0.2) is 78.9 Å². The van der Waals surface area contributed by atoms with Gasteiger partial charge in [0, 0.05) is 23.4 Å². The van der Waals surface area contributed by atoms with Crippen molar-refractivity contribution in [2.24, 2.45) is 0 Å². The zero-order chi connectivity index (χ0) is 21.8. The van der Waals surface area contributed by atoms with E-state index in [1.807, 2.05) is 30.3 Å². The molecule has 1 aliphatic rings. The van der Waals surface area contributed by atoms with Gasteiger partial charge in [-0.2, -0.15) is 0 Å². The predicted molar refractivity (Wildman–Crippen MR) is 120 cm³/mol. The Morgan fingerprint density at radius 1 is 1.03 bits per heavy atom. The number of nitrogens with one attached hydrogen (secondary N) is 1. The highest BCUT2D eigenvalue weighted by molar-refractivity contribution is 8.00. The van der Waals surface area contributed by atoms with E-state index >= 15 is 0 Å². The molecule has 1 aliphatic heterocycles. The lowest BCUT2D eigenvalue weighted by molar-refractivity contribution is -0.116. The molecule has 0 unspecified atom stereocenters. The van der Waals surface area contributed by atoms with Crippen LogP contribution in [0.5, 0.6) is 0 Å². The molecule has 1 heterocycles. The summed E-state index contributed by atoms with van der Waals surface area (Å²) >= 11 is 1.32. The maximum atomic E-state index is 14.4. The van der Waals surface area contributed by atoms with Crippen LogP contribution < -0.4 is 10.2 Å². The monoisotopic (exact) mass is 436 g/mol. The predicted octanol–water partition coefficient (Wildman–Crippen LogP) is 5.40. The largest absolute Gasteiger partial charge is 0.322 e. The maximum absolute atomic E-state index is 14.4. The Morgan fingerprint density at radius 2 is 1.77 bits per heavy atom. The molecule has 7 heteroatoms. The Labute approximate surface area is 182 Å². The standard InChI is InChI=1S/C24H18F2N2O2S/c25-17-11-12-21(19(26)14-17)28-23(30)15-31-24(28)18-8-4-5-9-20(18)27-22(29)13-10-16-6-2-1-3-7-16/h1-14,24H,15H2,(H,27,29)/b13-10+/t24-/m1/s1. The van der Waals surface area contributed by atoms with Crippen LogP contribution in [0.4, 0.5) is 20.2 Å². The van der Waals surface area contributed by atoms with E-state index in [9.17, 15) is 18.4 Å². The van der Waals surface area contributed by atoms with Gasteiger partial charge in [0.15, 0.2) is 0 Å². The van der Waals surface area contributed by atoms with Crippen molar-refractivity contribution in [3.63, 3.8) is 0 Å². The smallest absolute Gasteiger partial charge is 0.248 e. The van der Waals surface area contributed by atoms with Gasteiger partial charge in [-0.15, -0.1) is 11.8 Å². The number of hydrogen-bond donors (Lipinski definition) is 1. The third kappa shape index (κ3) is 4.67. The highest BCUT2D eigenvalue weighted by Crippen LogP contribution is 2.44. The molecule has 31 heavy (non-hydrogen) atoms. The summed E-state index contributed by atoms with van der Waals surface area (Å²) in [5, 5.41) is 2.28. The number of carbonyl (C=O) groups excluding carboxylic acids is 2. The van der Waals surface area contributed by atoms with E-state index in [1.54, 1.807) is 30.3 Å². The number of nitrogens with zero attached hydrogens (tertiary/aromatic N) is 1. The molecule has 2 amide bonds. The van der Waals surface area contributed by atoms with Crippen LogP contribution in [-0.4, -0.2) is 17.6 Å². The second-order valence-electron chi connectivity index (χ2n) is 6.84. The molecule has 1 saturated heterocycles. The summed E-state index contributed by atoms with van der Waals surface area (Å²) in [6.45, 7) is 0. The Hall–Kier alpha value is -3.45. The van der Waals surface area contributed by atoms with Gasteiger partial charge >= 0.3 is 0 Å². The quantitative estimate of drug-likeness (QED) is 0.545. The van der Waals surface area contributed by atoms with Crippen molar-refractivity contribution in [3.8, 4) is 0 Å². The van der Waals surface area contributed by atoms with Gasteiger partial charge in [-0.1, -0.05) is 48.5 Å². The van der Waals surface area contributed by atoms with Crippen LogP contribution in [0, 0.1) is 11.6 Å². The second kappa shape index (κ2) is 9.14. The van der Waals surface area contributed by atoms with E-state index in [1.165, 1.54) is 28.8 Å². The number of para-hydroxylation sites is 1. The molecule has 1 atom stereocenters. The first-order valence-electron chi connectivity index (χ1n) is 9.54. The van der Waals surface area contributed by atoms with Crippen molar-refractivity contribution in [3.05, 3.63) is 102 Å². The fraction of sp³-hybridized carbons (Fsp3) is 0.0833. The third-order valence-electron chi connectivity index (χ3n) is 4.75. The molecule has 0 bridgehead atoms. The lowest BCUT2D eigenvalue weighted by Gasteiger charge is -2.26. The van der Waals surface area contributed by atoms with Crippen LogP contribution in [-0.2, 0) is 9.59 Å². The molecule has 0 aromatic heterocycles. The highest BCUT2D eigenvalue weighted by atomic mass is 32.2. The average molecular weight is 436 g/mol. The van der Waals surface area contributed by atoms with Crippen molar-refractivity contribution in [2.75, 3.05) is 16.0 Å². The van der Waals surface area contributed by atoms with Crippen molar-refractivity contribution in [2.45, 2.75) is 5.37 Å². The van der Waals surface area contributed by atoms with Crippen LogP contribution >= 0.6 is 11.8 Å². The number of rotatable bonds is 5. The highest BCUT2D eigenvalue weighted by Gasteiger charge is 2.36. The molecule has 4 rings (SSSR count). The average Bonchev–Trinajstić information content (AvgIpc) is 3.14. The van der Waals surface area contributed by atoms with E-state index in [0.29, 0.717) is 11.3 Å². The fourth-order valence-corrected chi connectivity index (χ4v) is 4.53. The Kier molecular flexibility index (Phi) is 6.13. The van der Waals surface area contributed by atoms with Gasteiger partial charge in [-0.25, -0.2) is 8.78 Å². The number of carbonyl (C=O) groups is 2. The lowest BCUT2D eigenvalue weighted by Crippen LogP contribution is -2.29. The summed E-state index contributed by atoms with van der Waals surface area (Å²) in [5.74, 6) is -1.99. The topological polar surface area (TPSA) is 49.4 Å². The van der Waals surface area contributed by atoms with Crippen LogP contribution in [0.25, 0.3) is 6.08 Å². The number of amides is 2. The van der Waals surface area contributed by atoms with Crippen molar-refractivity contribution in [1.82, 2.24) is 0 Å². The Balaban J connectivity index is 1.60. The van der Waals surface area contributed by atoms with Gasteiger partial charge in [0.2, 0.25) is 11.8 Å². The minimum absolute atomic E-state index is 0.00602. The fourth-order valence-electron chi connectivity index (χ4n) is 3.33. The normalized spacial score (nSPS) is 16.1. The second-order valence-corrected chi connectivity index (χ2v) is 7.91. The first-order chi connectivity index (χ1) is 15.0. The van der Waals surface area contributed by atoms with Gasteiger partial charge in [0.25, 0.3) is 0 Å². The molecule has 0 aliphatic carbocycles. The van der Waals surface area contributed by atoms with E-state index in [4.69, 9.17) is 0 Å². The molecular weight excluding hydrogens is 418 g/mol. The number of anilines is 2. The lowest BCUT2D eigenvalue weighted by atomic mass is 10.1. The zero-order valence-corrected chi connectivity index (χ0v) is 17.1. The number of hydrogen-bond acceptors (Lipinski definition) is 3. The van der Waals surface area contributed by atoms with Crippen molar-refractivity contribution < 1.29 is 18.4 Å². The summed E-state index contributed by atoms with van der Waals surface area (Å²) in [5.41, 5.74) is 2.07. The molecule has 0 saturated carbocycles. The molecule has 3 aromatic rings. The van der Waals surface area contributed by atoms with Crippen LogP contribution in [0.2, 0.25) is 0 Å². The van der Waals surface area contributed by atoms with Gasteiger partial charge in [0.05, 0.1) is 11.4 Å². The molecule has 3 aromatic carbocycles. The SMILES string of the molecule is O=C(/C=C/c1ccccc1)Nc1ccccc1[C@H]1SCC(=O)N1c1ccc(F)cc1F. The minimum Gasteiger partial charge on any atom is -0.322 e. The van der Waals surface area contributed by atoms with Gasteiger partial charge in [-0.05, 0) is 29.8 Å². The summed E-state index contributed by atoms with van der Waals surface area (Å²) in [6.07, 6.45) is 3.13. The number of thioether (sulfide) groups is 1. The van der Waals surface area contributed by atoms with E-state index in [2.05, 4.69) is 5.32 Å². The summed E-state index contributed by atoms with van der Waals surface area (Å²) < 4.78 is 27.8. The summed E-state index contributed by atoms with van der Waals surface area (Å²) in [6, 6.07) is 19.6. The first-order valence-corrected chi connectivity index (χ1v) is 10.6. The van der Waals surface area contributed by atoms with Gasteiger partial charge in [-0.3, -0.25) is 14.5 Å². The molecule has 1 fully saturated rings. The van der Waals surface area contributed by atoms with Gasteiger partial charge in [0.1, 0.15) is 17.0 Å². The molecule has 0 spiro atoms. The van der Waals surface area contributed by atoms with Gasteiger partial charge < -0.3 is 5.32 Å². The molecule has 1 N–H and O–H groups in total. The molecule has 156 valence electrons. The minimum atomic E-state index is -0.812. The third-order valence-corrected chi connectivity index (χ3v) is 5.94.